The van der Waals surface area contributed by atoms with Crippen molar-refractivity contribution in [2.24, 2.45) is 0 Å². The van der Waals surface area contributed by atoms with Gasteiger partial charge in [-0.25, -0.2) is 9.78 Å². The Morgan fingerprint density at radius 3 is 2.38 bits per heavy atom. The number of nitrogens with one attached hydrogen (secondary N) is 1. The Morgan fingerprint density at radius 2 is 1.81 bits per heavy atom. The molecular weight excluding hydrogens is 315 g/mol. The third-order valence-electron chi connectivity index (χ3n) is 3.23. The van der Waals surface area contributed by atoms with Crippen molar-refractivity contribution >= 4 is 35.1 Å². The van der Waals surface area contributed by atoms with Crippen LogP contribution in [0.1, 0.15) is 17.3 Å². The number of nitrogens with zero attached hydrogens (tertiary/aromatic N) is 3. The first kappa shape index (κ1) is 15.9. The molecule has 8 heteroatoms. The number of carbonyl (C=O) groups is 2. The van der Waals surface area contributed by atoms with Gasteiger partial charge in [0, 0.05) is 32.7 Å². The van der Waals surface area contributed by atoms with Crippen LogP contribution in [-0.4, -0.2) is 59.4 Å². The summed E-state index contributed by atoms with van der Waals surface area (Å²) in [5.74, 6) is -0.195. The monoisotopic (exact) mass is 330 g/mol. The lowest BCUT2D eigenvalue weighted by atomic mass is 10.2. The van der Waals surface area contributed by atoms with E-state index in [9.17, 15) is 9.59 Å². The van der Waals surface area contributed by atoms with E-state index in [1.165, 1.54) is 6.07 Å². The summed E-state index contributed by atoms with van der Waals surface area (Å²) < 4.78 is 0. The van der Waals surface area contributed by atoms with Gasteiger partial charge in [-0.1, -0.05) is 23.2 Å². The van der Waals surface area contributed by atoms with Crippen molar-refractivity contribution < 1.29 is 9.59 Å². The van der Waals surface area contributed by atoms with Gasteiger partial charge in [0.15, 0.2) is 0 Å². The fourth-order valence-corrected chi connectivity index (χ4v) is 2.54. The van der Waals surface area contributed by atoms with Crippen LogP contribution in [0.3, 0.4) is 0 Å². The second-order valence-electron chi connectivity index (χ2n) is 4.59. The zero-order chi connectivity index (χ0) is 15.4. The molecule has 2 rings (SSSR count). The third-order valence-corrected chi connectivity index (χ3v) is 3.73. The average Bonchev–Trinajstić information content (AvgIpc) is 2.47. The molecule has 1 saturated heterocycles. The second kappa shape index (κ2) is 6.95. The number of halogens is 2. The highest BCUT2D eigenvalue weighted by Gasteiger charge is 2.26. The van der Waals surface area contributed by atoms with Crippen LogP contribution < -0.4 is 5.32 Å². The quantitative estimate of drug-likeness (QED) is 0.842. The number of amides is 3. The smallest absolute Gasteiger partial charge is 0.317 e. The maximum Gasteiger partial charge on any atom is 0.317 e. The van der Waals surface area contributed by atoms with Gasteiger partial charge in [0.25, 0.3) is 5.91 Å². The molecule has 0 aliphatic carbocycles. The lowest BCUT2D eigenvalue weighted by molar-refractivity contribution is 0.0665. The summed E-state index contributed by atoms with van der Waals surface area (Å²) in [4.78, 5) is 31.3. The van der Waals surface area contributed by atoms with Gasteiger partial charge in [0.1, 0.15) is 10.3 Å². The van der Waals surface area contributed by atoms with Crippen molar-refractivity contribution in [1.82, 2.24) is 20.1 Å². The molecule has 21 heavy (non-hydrogen) atoms. The summed E-state index contributed by atoms with van der Waals surface area (Å²) >= 11 is 11.7. The summed E-state index contributed by atoms with van der Waals surface area (Å²) in [5.41, 5.74) is 0.326. The molecule has 3 amide bonds. The largest absolute Gasteiger partial charge is 0.338 e. The van der Waals surface area contributed by atoms with Crippen molar-refractivity contribution in [3.63, 3.8) is 0 Å². The summed E-state index contributed by atoms with van der Waals surface area (Å²) in [6, 6.07) is 3.00. The molecule has 0 atom stereocenters. The van der Waals surface area contributed by atoms with Gasteiger partial charge in [-0.05, 0) is 19.1 Å². The van der Waals surface area contributed by atoms with Crippen molar-refractivity contribution in [2.75, 3.05) is 32.7 Å². The maximum atomic E-state index is 12.4. The van der Waals surface area contributed by atoms with Crippen LogP contribution in [0.2, 0.25) is 10.3 Å². The number of pyridine rings is 1. The van der Waals surface area contributed by atoms with Crippen LogP contribution in [0.25, 0.3) is 0 Å². The van der Waals surface area contributed by atoms with Crippen LogP contribution in [0.4, 0.5) is 4.79 Å². The predicted molar refractivity (Wildman–Crippen MR) is 80.8 cm³/mol. The topological polar surface area (TPSA) is 65.5 Å². The first-order chi connectivity index (χ1) is 10.0. The van der Waals surface area contributed by atoms with E-state index < -0.39 is 0 Å². The lowest BCUT2D eigenvalue weighted by Crippen LogP contribution is -2.53. The van der Waals surface area contributed by atoms with E-state index in [-0.39, 0.29) is 22.2 Å². The second-order valence-corrected chi connectivity index (χ2v) is 5.33. The van der Waals surface area contributed by atoms with Crippen LogP contribution in [0.5, 0.6) is 0 Å². The first-order valence-corrected chi connectivity index (χ1v) is 7.42. The zero-order valence-electron chi connectivity index (χ0n) is 11.6. The van der Waals surface area contributed by atoms with E-state index in [0.29, 0.717) is 38.3 Å². The van der Waals surface area contributed by atoms with E-state index in [0.717, 1.165) is 0 Å². The molecule has 1 N–H and O–H groups in total. The Bertz CT molecular complexity index is 545. The highest BCUT2D eigenvalue weighted by molar-refractivity contribution is 6.34. The van der Waals surface area contributed by atoms with Gasteiger partial charge in [-0.2, -0.15) is 0 Å². The Kier molecular flexibility index (Phi) is 5.25. The number of urea groups is 1. The number of hydrogen-bond donors (Lipinski definition) is 1. The Labute approximate surface area is 133 Å². The van der Waals surface area contributed by atoms with Crippen molar-refractivity contribution in [2.45, 2.75) is 6.92 Å². The Morgan fingerprint density at radius 1 is 1.19 bits per heavy atom. The molecule has 114 valence electrons. The Hall–Kier alpha value is -1.53. The minimum Gasteiger partial charge on any atom is -0.338 e. The third kappa shape index (κ3) is 3.77. The molecular formula is C13H16Cl2N4O2. The highest BCUT2D eigenvalue weighted by Crippen LogP contribution is 2.19. The maximum absolute atomic E-state index is 12.4. The van der Waals surface area contributed by atoms with Crippen molar-refractivity contribution in [3.05, 3.63) is 28.0 Å². The van der Waals surface area contributed by atoms with Gasteiger partial charge < -0.3 is 15.1 Å². The van der Waals surface area contributed by atoms with Crippen molar-refractivity contribution in [3.8, 4) is 0 Å². The summed E-state index contributed by atoms with van der Waals surface area (Å²) in [5, 5.41) is 3.09. The van der Waals surface area contributed by atoms with E-state index in [1.54, 1.807) is 15.9 Å². The summed E-state index contributed by atoms with van der Waals surface area (Å²) in [6.07, 6.45) is 0. The van der Waals surface area contributed by atoms with Gasteiger partial charge in [0.2, 0.25) is 0 Å². The van der Waals surface area contributed by atoms with E-state index in [4.69, 9.17) is 23.2 Å². The number of aromatic nitrogens is 1. The number of piperazine rings is 1. The summed E-state index contributed by atoms with van der Waals surface area (Å²) in [6.45, 7) is 4.38. The van der Waals surface area contributed by atoms with Crippen LogP contribution in [0, 0.1) is 0 Å². The van der Waals surface area contributed by atoms with Crippen LogP contribution in [-0.2, 0) is 0 Å². The number of hydrogen-bond acceptors (Lipinski definition) is 3. The molecule has 1 aromatic rings. The molecule has 0 aromatic carbocycles. The fraction of sp³-hybridized carbons (Fsp3) is 0.462. The van der Waals surface area contributed by atoms with Crippen LogP contribution >= 0.6 is 23.2 Å². The van der Waals surface area contributed by atoms with E-state index in [1.807, 2.05) is 6.92 Å². The molecule has 0 saturated carbocycles. The van der Waals surface area contributed by atoms with E-state index in [2.05, 4.69) is 10.3 Å². The van der Waals surface area contributed by atoms with Gasteiger partial charge >= 0.3 is 6.03 Å². The zero-order valence-corrected chi connectivity index (χ0v) is 13.1. The van der Waals surface area contributed by atoms with Crippen LogP contribution in [0.15, 0.2) is 12.1 Å². The minimum atomic E-state index is -0.195. The van der Waals surface area contributed by atoms with E-state index >= 15 is 0 Å². The highest BCUT2D eigenvalue weighted by atomic mass is 35.5. The van der Waals surface area contributed by atoms with Gasteiger partial charge in [-0.3, -0.25) is 4.79 Å². The number of rotatable bonds is 2. The molecule has 1 aliphatic rings. The van der Waals surface area contributed by atoms with Gasteiger partial charge in [0.05, 0.1) is 5.56 Å². The molecule has 1 aromatic heterocycles. The minimum absolute atomic E-state index is 0.0960. The normalized spacial score (nSPS) is 15.0. The molecule has 1 aliphatic heterocycles. The molecule has 0 radical (unpaired) electrons. The van der Waals surface area contributed by atoms with Crippen molar-refractivity contribution in [1.29, 1.82) is 0 Å². The number of carbonyl (C=O) groups excluding carboxylic acids is 2. The molecule has 0 spiro atoms. The molecule has 2 heterocycles. The van der Waals surface area contributed by atoms with Gasteiger partial charge in [-0.15, -0.1) is 0 Å². The molecule has 1 fully saturated rings. The predicted octanol–water partition coefficient (Wildman–Crippen LogP) is 1.88. The SMILES string of the molecule is CCNC(=O)N1CCN(C(=O)c2ccc(Cl)nc2Cl)CC1. The summed E-state index contributed by atoms with van der Waals surface area (Å²) in [7, 11) is 0. The fourth-order valence-electron chi connectivity index (χ4n) is 2.12. The Balaban J connectivity index is 1.98. The lowest BCUT2D eigenvalue weighted by Gasteiger charge is -2.34. The molecule has 6 nitrogen and oxygen atoms in total. The standard InChI is InChI=1S/C13H16Cl2N4O2/c1-2-16-13(21)19-7-5-18(6-8-19)12(20)9-3-4-10(14)17-11(9)15/h3-4H,2,5-8H2,1H3,(H,16,21). The average molecular weight is 331 g/mol. The first-order valence-electron chi connectivity index (χ1n) is 6.67. The molecule has 0 unspecified atom stereocenters. The molecule has 0 bridgehead atoms.